The molecule has 1 fully saturated rings. The molecule has 188 valence electrons. The number of hydrogen-bond donors (Lipinski definition) is 1. The lowest BCUT2D eigenvalue weighted by atomic mass is 10.1. The van der Waals surface area contributed by atoms with Crippen molar-refractivity contribution >= 4 is 34.4 Å². The molecule has 4 heterocycles. The van der Waals surface area contributed by atoms with Gasteiger partial charge in [-0.25, -0.2) is 9.78 Å². The molecule has 0 saturated carbocycles. The standard InChI is InChI=1S/C28H27N5O4/c1-18-19(2)33(16-21-9-7-13-36-21)27(23(18)15-29)31-25(34)17-37-28(35)22-14-20-8-3-4-10-24(20)30-26(22)32-11-5-6-12-32/h3-4,7-10,13-14H,5-6,11-12,16-17H2,1-2H3,(H,31,34). The summed E-state index contributed by atoms with van der Waals surface area (Å²) in [6.07, 6.45) is 3.63. The molecule has 5 rings (SSSR count). The first kappa shape index (κ1) is 24.1. The summed E-state index contributed by atoms with van der Waals surface area (Å²) in [4.78, 5) is 32.8. The zero-order valence-electron chi connectivity index (χ0n) is 20.8. The van der Waals surface area contributed by atoms with Crippen LogP contribution in [-0.4, -0.2) is 41.1 Å². The summed E-state index contributed by atoms with van der Waals surface area (Å²) in [6, 6.07) is 15.1. The number of carbonyl (C=O) groups excluding carboxylic acids is 2. The second-order valence-corrected chi connectivity index (χ2v) is 9.08. The number of rotatable bonds is 7. The van der Waals surface area contributed by atoms with E-state index in [0.717, 1.165) is 48.1 Å². The minimum Gasteiger partial charge on any atom is -0.467 e. The first-order chi connectivity index (χ1) is 18.0. The molecule has 1 aromatic carbocycles. The minimum absolute atomic E-state index is 0.332. The van der Waals surface area contributed by atoms with Gasteiger partial charge in [0.15, 0.2) is 6.61 Å². The van der Waals surface area contributed by atoms with Crippen molar-refractivity contribution < 1.29 is 18.7 Å². The molecule has 9 heteroatoms. The lowest BCUT2D eigenvalue weighted by Gasteiger charge is -2.20. The molecule has 4 aromatic rings. The maximum atomic E-state index is 13.1. The Kier molecular flexibility index (Phi) is 6.64. The molecule has 1 aliphatic rings. The lowest BCUT2D eigenvalue weighted by molar-refractivity contribution is -0.119. The van der Waals surface area contributed by atoms with Gasteiger partial charge in [-0.3, -0.25) is 4.79 Å². The number of para-hydroxylation sites is 1. The van der Waals surface area contributed by atoms with Gasteiger partial charge in [0, 0.05) is 24.2 Å². The number of nitrogens with one attached hydrogen (secondary N) is 1. The molecule has 37 heavy (non-hydrogen) atoms. The second-order valence-electron chi connectivity index (χ2n) is 9.08. The number of ether oxygens (including phenoxy) is 1. The molecule has 0 atom stereocenters. The first-order valence-corrected chi connectivity index (χ1v) is 12.2. The molecule has 1 amide bonds. The van der Waals surface area contributed by atoms with Gasteiger partial charge < -0.3 is 23.9 Å². The van der Waals surface area contributed by atoms with Gasteiger partial charge in [-0.2, -0.15) is 5.26 Å². The molecule has 1 aliphatic heterocycles. The van der Waals surface area contributed by atoms with Crippen molar-refractivity contribution in [3.63, 3.8) is 0 Å². The number of anilines is 2. The number of fused-ring (bicyclic) bond motifs is 1. The number of benzene rings is 1. The van der Waals surface area contributed by atoms with Crippen molar-refractivity contribution in [1.82, 2.24) is 9.55 Å². The number of amides is 1. The Labute approximate surface area is 214 Å². The zero-order chi connectivity index (χ0) is 25.9. The van der Waals surface area contributed by atoms with E-state index in [0.29, 0.717) is 35.1 Å². The van der Waals surface area contributed by atoms with Crippen molar-refractivity contribution in [2.24, 2.45) is 0 Å². The number of furan rings is 1. The molecule has 0 bridgehead atoms. The summed E-state index contributed by atoms with van der Waals surface area (Å²) < 4.78 is 12.7. The van der Waals surface area contributed by atoms with Crippen LogP contribution in [0.3, 0.4) is 0 Å². The number of hydrogen-bond acceptors (Lipinski definition) is 7. The Morgan fingerprint density at radius 2 is 1.95 bits per heavy atom. The summed E-state index contributed by atoms with van der Waals surface area (Å²) in [7, 11) is 0. The maximum absolute atomic E-state index is 13.1. The van der Waals surface area contributed by atoms with Crippen molar-refractivity contribution in [1.29, 1.82) is 5.26 Å². The Hall–Kier alpha value is -4.58. The maximum Gasteiger partial charge on any atom is 0.342 e. The summed E-state index contributed by atoms with van der Waals surface area (Å²) in [6.45, 7) is 5.18. The van der Waals surface area contributed by atoms with Crippen LogP contribution in [-0.2, 0) is 16.1 Å². The number of pyridine rings is 1. The SMILES string of the molecule is Cc1c(C#N)c(NC(=O)COC(=O)c2cc3ccccc3nc2N2CCCC2)n(Cc2ccco2)c1C. The van der Waals surface area contributed by atoms with Gasteiger partial charge in [-0.15, -0.1) is 0 Å². The summed E-state index contributed by atoms with van der Waals surface area (Å²) >= 11 is 0. The highest BCUT2D eigenvalue weighted by Crippen LogP contribution is 2.29. The lowest BCUT2D eigenvalue weighted by Crippen LogP contribution is -2.26. The number of esters is 1. The number of carbonyl (C=O) groups is 2. The Morgan fingerprint density at radius 3 is 2.68 bits per heavy atom. The highest BCUT2D eigenvalue weighted by atomic mass is 16.5. The fourth-order valence-corrected chi connectivity index (χ4v) is 4.69. The monoisotopic (exact) mass is 497 g/mol. The summed E-state index contributed by atoms with van der Waals surface area (Å²) in [5.41, 5.74) is 3.08. The Bertz CT molecular complexity index is 1510. The van der Waals surface area contributed by atoms with Gasteiger partial charge in [-0.05, 0) is 56.5 Å². The minimum atomic E-state index is -0.617. The van der Waals surface area contributed by atoms with Crippen molar-refractivity contribution in [3.8, 4) is 6.07 Å². The highest BCUT2D eigenvalue weighted by Gasteiger charge is 2.25. The number of nitrogens with zero attached hydrogens (tertiary/aromatic N) is 4. The normalized spacial score (nSPS) is 13.1. The molecule has 1 saturated heterocycles. The van der Waals surface area contributed by atoms with E-state index in [-0.39, 0.29) is 0 Å². The summed E-state index contributed by atoms with van der Waals surface area (Å²) in [5.74, 6) is 0.448. The van der Waals surface area contributed by atoms with Crippen molar-refractivity contribution in [3.05, 3.63) is 76.9 Å². The topological polar surface area (TPSA) is 113 Å². The van der Waals surface area contributed by atoms with E-state index in [4.69, 9.17) is 14.1 Å². The van der Waals surface area contributed by atoms with Gasteiger partial charge in [-0.1, -0.05) is 18.2 Å². The van der Waals surface area contributed by atoms with Crippen molar-refractivity contribution in [2.45, 2.75) is 33.2 Å². The largest absolute Gasteiger partial charge is 0.467 e. The molecule has 1 N–H and O–H groups in total. The predicted molar refractivity (Wildman–Crippen MR) is 139 cm³/mol. The van der Waals surface area contributed by atoms with Gasteiger partial charge in [0.1, 0.15) is 29.0 Å². The van der Waals surface area contributed by atoms with Gasteiger partial charge in [0.25, 0.3) is 5.91 Å². The molecule has 0 unspecified atom stereocenters. The van der Waals surface area contributed by atoms with Crippen LogP contribution in [0.4, 0.5) is 11.6 Å². The van der Waals surface area contributed by atoms with Crippen LogP contribution in [0.1, 0.15) is 45.8 Å². The van der Waals surface area contributed by atoms with E-state index in [1.54, 1.807) is 18.4 Å². The van der Waals surface area contributed by atoms with E-state index in [9.17, 15) is 14.9 Å². The van der Waals surface area contributed by atoms with Crippen LogP contribution >= 0.6 is 0 Å². The molecule has 3 aromatic heterocycles. The molecular formula is C28H27N5O4. The van der Waals surface area contributed by atoms with Gasteiger partial charge in [0.05, 0.1) is 23.9 Å². The fourth-order valence-electron chi connectivity index (χ4n) is 4.69. The fraction of sp³-hybridized carbons (Fsp3) is 0.286. The molecule has 0 spiro atoms. The van der Waals surface area contributed by atoms with Gasteiger partial charge in [0.2, 0.25) is 0 Å². The average molecular weight is 498 g/mol. The average Bonchev–Trinajstić information content (AvgIpc) is 3.67. The van der Waals surface area contributed by atoms with Crippen LogP contribution in [0, 0.1) is 25.2 Å². The van der Waals surface area contributed by atoms with E-state index in [1.807, 2.05) is 48.7 Å². The third-order valence-corrected chi connectivity index (χ3v) is 6.76. The second kappa shape index (κ2) is 10.2. The third kappa shape index (κ3) is 4.78. The first-order valence-electron chi connectivity index (χ1n) is 12.2. The van der Waals surface area contributed by atoms with Crippen LogP contribution in [0.2, 0.25) is 0 Å². The number of nitriles is 1. The Morgan fingerprint density at radius 1 is 1.16 bits per heavy atom. The van der Waals surface area contributed by atoms with Gasteiger partial charge >= 0.3 is 5.97 Å². The predicted octanol–water partition coefficient (Wildman–Crippen LogP) is 4.56. The van der Waals surface area contributed by atoms with E-state index in [2.05, 4.69) is 16.3 Å². The van der Waals surface area contributed by atoms with Crippen LogP contribution in [0.5, 0.6) is 0 Å². The molecular weight excluding hydrogens is 470 g/mol. The van der Waals surface area contributed by atoms with Crippen LogP contribution < -0.4 is 10.2 Å². The molecule has 0 radical (unpaired) electrons. The Balaban J connectivity index is 1.35. The van der Waals surface area contributed by atoms with E-state index in [1.165, 1.54) is 0 Å². The van der Waals surface area contributed by atoms with E-state index >= 15 is 0 Å². The quantitative estimate of drug-likeness (QED) is 0.372. The smallest absolute Gasteiger partial charge is 0.342 e. The summed E-state index contributed by atoms with van der Waals surface area (Å²) in [5, 5.41) is 13.3. The number of aromatic nitrogens is 2. The van der Waals surface area contributed by atoms with E-state index < -0.39 is 18.5 Å². The van der Waals surface area contributed by atoms with Crippen LogP contribution in [0.25, 0.3) is 10.9 Å². The van der Waals surface area contributed by atoms with Crippen LogP contribution in [0.15, 0.2) is 53.1 Å². The zero-order valence-corrected chi connectivity index (χ0v) is 20.8. The third-order valence-electron chi connectivity index (χ3n) is 6.76. The molecule has 0 aliphatic carbocycles. The molecule has 9 nitrogen and oxygen atoms in total. The highest BCUT2D eigenvalue weighted by molar-refractivity contribution is 6.01. The van der Waals surface area contributed by atoms with Crippen molar-refractivity contribution in [2.75, 3.05) is 29.9 Å².